The van der Waals surface area contributed by atoms with Crippen molar-refractivity contribution < 1.29 is 9.90 Å². The van der Waals surface area contributed by atoms with E-state index in [4.69, 9.17) is 5.11 Å². The molecule has 4 heteroatoms. The number of hydrogen-bond donors (Lipinski definition) is 1. The maximum absolute atomic E-state index is 11.0. The molecule has 2 nitrogen and oxygen atoms in total. The van der Waals surface area contributed by atoms with Gasteiger partial charge in [-0.25, -0.2) is 0 Å². The molecule has 0 saturated carbocycles. The normalized spacial score (nSPS) is 34.9. The third kappa shape index (κ3) is 4.73. The molecule has 0 aliphatic carbocycles. The zero-order valence-electron chi connectivity index (χ0n) is 13.2. The Labute approximate surface area is 127 Å². The lowest BCUT2D eigenvalue weighted by atomic mass is 10.0. The van der Waals surface area contributed by atoms with E-state index in [0.717, 1.165) is 18.4 Å². The lowest BCUT2D eigenvalue weighted by molar-refractivity contribution is -0.142. The predicted octanol–water partition coefficient (Wildman–Crippen LogP) is 4.29. The number of hydrogen-bond acceptors (Lipinski definition) is 1. The van der Waals surface area contributed by atoms with Crippen LogP contribution in [0.15, 0.2) is 0 Å². The Kier molecular flexibility index (Phi) is 6.81. The average Bonchev–Trinajstić information content (AvgIpc) is 2.48. The van der Waals surface area contributed by atoms with Crippen LogP contribution in [-0.2, 0) is 4.79 Å². The molecule has 2 saturated heterocycles. The van der Waals surface area contributed by atoms with Gasteiger partial charge in [-0.3, -0.25) is 4.79 Å². The van der Waals surface area contributed by atoms with Gasteiger partial charge in [-0.05, 0) is 18.4 Å². The van der Waals surface area contributed by atoms with E-state index in [9.17, 15) is 4.79 Å². The van der Waals surface area contributed by atoms with Crippen LogP contribution in [0.3, 0.4) is 0 Å². The Hall–Kier alpha value is -0.0962. The number of carbonyl (C=O) groups is 1. The Bertz CT molecular complexity index is 293. The molecule has 0 aromatic heterocycles. The first-order chi connectivity index (χ1) is 9.70. The molecule has 1 N–H and O–H groups in total. The second-order valence-electron chi connectivity index (χ2n) is 7.23. The summed E-state index contributed by atoms with van der Waals surface area (Å²) >= 11 is 0. The smallest absolute Gasteiger partial charge is 0.306 e. The van der Waals surface area contributed by atoms with Crippen molar-refractivity contribution >= 4 is 23.6 Å². The zero-order chi connectivity index (χ0) is 14.4. The van der Waals surface area contributed by atoms with E-state index in [1.54, 1.807) is 18.1 Å². The van der Waals surface area contributed by atoms with Gasteiger partial charge in [0.2, 0.25) is 0 Å². The SMILES string of the molecule is CCCCC[SiH]1CCC([SiH]2CCC(C(=O)O)CC2)CC1. The van der Waals surface area contributed by atoms with Crippen molar-refractivity contribution in [3.8, 4) is 0 Å². The summed E-state index contributed by atoms with van der Waals surface area (Å²) < 4.78 is 0. The molecule has 20 heavy (non-hydrogen) atoms. The lowest BCUT2D eigenvalue weighted by Crippen LogP contribution is -2.32. The van der Waals surface area contributed by atoms with Gasteiger partial charge in [-0.2, -0.15) is 0 Å². The third-order valence-electron chi connectivity index (χ3n) is 5.90. The molecule has 0 aromatic carbocycles. The van der Waals surface area contributed by atoms with E-state index >= 15 is 0 Å². The van der Waals surface area contributed by atoms with Gasteiger partial charge in [0.15, 0.2) is 0 Å². The molecule has 2 fully saturated rings. The number of unbranched alkanes of at least 4 members (excludes halogenated alkanes) is 2. The summed E-state index contributed by atoms with van der Waals surface area (Å²) in [5.74, 6) is -0.539. The van der Waals surface area contributed by atoms with Gasteiger partial charge < -0.3 is 5.11 Å². The minimum absolute atomic E-state index is 0.00138. The molecule has 2 heterocycles. The van der Waals surface area contributed by atoms with Gasteiger partial charge in [0.1, 0.15) is 0 Å². The molecule has 0 radical (unpaired) electrons. The Morgan fingerprint density at radius 3 is 2.25 bits per heavy atom. The summed E-state index contributed by atoms with van der Waals surface area (Å²) in [7, 11) is -0.940. The van der Waals surface area contributed by atoms with Crippen molar-refractivity contribution in [2.45, 2.75) is 87.6 Å². The summed E-state index contributed by atoms with van der Waals surface area (Å²) in [6.45, 7) is 2.30. The van der Waals surface area contributed by atoms with Crippen molar-refractivity contribution in [3.05, 3.63) is 0 Å². The maximum Gasteiger partial charge on any atom is 0.306 e. The summed E-state index contributed by atoms with van der Waals surface area (Å²) in [5.41, 5.74) is 1.08. The molecule has 2 aliphatic rings. The van der Waals surface area contributed by atoms with Gasteiger partial charge in [0, 0.05) is 17.6 Å². The molecule has 0 amide bonds. The topological polar surface area (TPSA) is 37.3 Å². The van der Waals surface area contributed by atoms with Crippen LogP contribution in [0.2, 0.25) is 35.8 Å². The molecule has 0 aromatic rings. The highest BCUT2D eigenvalue weighted by Crippen LogP contribution is 2.40. The van der Waals surface area contributed by atoms with Gasteiger partial charge in [-0.15, -0.1) is 0 Å². The molecule has 0 atom stereocenters. The van der Waals surface area contributed by atoms with Crippen LogP contribution < -0.4 is 0 Å². The van der Waals surface area contributed by atoms with Crippen molar-refractivity contribution in [1.29, 1.82) is 0 Å². The van der Waals surface area contributed by atoms with E-state index in [1.165, 1.54) is 44.2 Å². The Morgan fingerprint density at radius 1 is 1.05 bits per heavy atom. The van der Waals surface area contributed by atoms with E-state index in [2.05, 4.69) is 6.92 Å². The maximum atomic E-state index is 11.0. The standard InChI is InChI=1S/C16H32O2Si2/c1-2-3-4-9-19-10-7-15(8-11-19)20-12-5-14(6-13-20)16(17)18/h14-15,19-20H,2-13H2,1H3,(H,17,18). The predicted molar refractivity (Wildman–Crippen MR) is 91.2 cm³/mol. The Morgan fingerprint density at radius 2 is 1.70 bits per heavy atom. The van der Waals surface area contributed by atoms with Crippen molar-refractivity contribution in [2.24, 2.45) is 5.92 Å². The fourth-order valence-corrected chi connectivity index (χ4v) is 13.0. The summed E-state index contributed by atoms with van der Waals surface area (Å²) in [6, 6.07) is 7.47. The van der Waals surface area contributed by atoms with Crippen LogP contribution in [0.1, 0.15) is 51.9 Å². The largest absolute Gasteiger partial charge is 0.481 e. The van der Waals surface area contributed by atoms with Crippen LogP contribution in [0.25, 0.3) is 0 Å². The first kappa shape index (κ1) is 16.3. The first-order valence-electron chi connectivity index (χ1n) is 8.93. The summed E-state index contributed by atoms with van der Waals surface area (Å²) in [4.78, 5) is 11.0. The van der Waals surface area contributed by atoms with E-state index in [1.807, 2.05) is 0 Å². The van der Waals surface area contributed by atoms with Gasteiger partial charge in [0.25, 0.3) is 0 Å². The number of aliphatic carboxylic acids is 1. The highest BCUT2D eigenvalue weighted by molar-refractivity contribution is 6.63. The minimum atomic E-state index is -0.589. The van der Waals surface area contributed by atoms with Crippen molar-refractivity contribution in [2.75, 3.05) is 0 Å². The molecule has 2 aliphatic heterocycles. The lowest BCUT2D eigenvalue weighted by Gasteiger charge is -2.36. The van der Waals surface area contributed by atoms with Crippen LogP contribution in [0.5, 0.6) is 0 Å². The molecular formula is C16H32O2Si2. The van der Waals surface area contributed by atoms with E-state index in [-0.39, 0.29) is 14.7 Å². The van der Waals surface area contributed by atoms with Crippen LogP contribution in [0.4, 0.5) is 0 Å². The summed E-state index contributed by atoms with van der Waals surface area (Å²) in [5, 5.41) is 9.09. The zero-order valence-corrected chi connectivity index (χ0v) is 15.5. The minimum Gasteiger partial charge on any atom is -0.481 e. The quantitative estimate of drug-likeness (QED) is 0.587. The molecule has 116 valence electrons. The second-order valence-corrected chi connectivity index (χ2v) is 14.3. The van der Waals surface area contributed by atoms with Crippen molar-refractivity contribution in [3.63, 3.8) is 0 Å². The fraction of sp³-hybridized carbons (Fsp3) is 0.938. The molecular weight excluding hydrogens is 280 g/mol. The number of rotatable bonds is 6. The molecule has 0 bridgehead atoms. The van der Waals surface area contributed by atoms with Gasteiger partial charge in [0.05, 0.1) is 5.92 Å². The average molecular weight is 313 g/mol. The second kappa shape index (κ2) is 8.37. The van der Waals surface area contributed by atoms with Gasteiger partial charge >= 0.3 is 5.97 Å². The highest BCUT2D eigenvalue weighted by Gasteiger charge is 2.33. The fourth-order valence-electron chi connectivity index (χ4n) is 4.47. The summed E-state index contributed by atoms with van der Waals surface area (Å²) in [6.07, 6.45) is 9.39. The van der Waals surface area contributed by atoms with E-state index in [0.29, 0.717) is 0 Å². The highest BCUT2D eigenvalue weighted by atomic mass is 28.3. The number of carboxylic acids is 1. The van der Waals surface area contributed by atoms with Crippen LogP contribution in [-0.4, -0.2) is 28.7 Å². The van der Waals surface area contributed by atoms with Crippen LogP contribution >= 0.6 is 0 Å². The van der Waals surface area contributed by atoms with Gasteiger partial charge in [-0.1, -0.05) is 69.2 Å². The van der Waals surface area contributed by atoms with Crippen molar-refractivity contribution in [1.82, 2.24) is 0 Å². The monoisotopic (exact) mass is 312 g/mol. The molecule has 0 spiro atoms. The van der Waals surface area contributed by atoms with E-state index < -0.39 is 14.8 Å². The van der Waals surface area contributed by atoms with Crippen LogP contribution in [0, 0.1) is 5.92 Å². The molecule has 0 unspecified atom stereocenters. The Balaban J connectivity index is 1.65. The molecule has 2 rings (SSSR count). The number of carboxylic acid groups (broad SMARTS) is 1. The first-order valence-corrected chi connectivity index (χ1v) is 13.7. The third-order valence-corrected chi connectivity index (χ3v) is 13.6.